The number of carbonyl (C=O) groups excluding carboxylic acids is 1. The number of hydrogen-bond acceptors (Lipinski definition) is 4. The second kappa shape index (κ2) is 5.11. The molecule has 5 heteroatoms. The van der Waals surface area contributed by atoms with Crippen LogP contribution in [0.1, 0.15) is 19.8 Å². The lowest BCUT2D eigenvalue weighted by molar-refractivity contribution is -0.193. The molecule has 0 spiro atoms. The Morgan fingerprint density at radius 2 is 2.38 bits per heavy atom. The van der Waals surface area contributed by atoms with Crippen molar-refractivity contribution in [2.24, 2.45) is 0 Å². The molecule has 3 unspecified atom stereocenters. The van der Waals surface area contributed by atoms with Crippen LogP contribution in [0.3, 0.4) is 0 Å². The number of aliphatic hydroxyl groups is 1. The van der Waals surface area contributed by atoms with Crippen LogP contribution in [0.4, 0.5) is 0 Å². The average Bonchev–Trinajstić information content (AvgIpc) is 2.01. The Balaban J connectivity index is 2.42. The third-order valence-electron chi connectivity index (χ3n) is 1.84. The van der Waals surface area contributed by atoms with Gasteiger partial charge in [0.05, 0.1) is 6.10 Å². The molecule has 13 heavy (non-hydrogen) atoms. The van der Waals surface area contributed by atoms with Crippen molar-refractivity contribution in [3.63, 3.8) is 0 Å². The Kier molecular flexibility index (Phi) is 4.40. The summed E-state index contributed by atoms with van der Waals surface area (Å²) < 4.78 is 11.0. The monoisotopic (exact) mass is 300 g/mol. The Labute approximate surface area is 90.7 Å². The maximum Gasteiger partial charge on any atom is 0.302 e. The zero-order valence-electron chi connectivity index (χ0n) is 7.40. The molecule has 0 aliphatic carbocycles. The molecule has 0 bridgehead atoms. The SMILES string of the molecule is CC(=O)OC1CC(O)OC(CI)C1. The predicted octanol–water partition coefficient (Wildman–Crippen LogP) is 0.851. The van der Waals surface area contributed by atoms with Crippen LogP contribution in [0.2, 0.25) is 0 Å². The van der Waals surface area contributed by atoms with Gasteiger partial charge in [0, 0.05) is 24.2 Å². The quantitative estimate of drug-likeness (QED) is 0.467. The van der Waals surface area contributed by atoms with Gasteiger partial charge in [-0.1, -0.05) is 22.6 Å². The molecule has 1 saturated heterocycles. The maximum absolute atomic E-state index is 10.7. The van der Waals surface area contributed by atoms with E-state index in [1.807, 2.05) is 0 Å². The van der Waals surface area contributed by atoms with Crippen molar-refractivity contribution in [2.45, 2.75) is 38.3 Å². The molecule has 3 atom stereocenters. The Morgan fingerprint density at radius 1 is 1.69 bits per heavy atom. The van der Waals surface area contributed by atoms with E-state index in [2.05, 4.69) is 22.6 Å². The molecule has 0 aromatic rings. The molecule has 4 nitrogen and oxygen atoms in total. The molecule has 1 rings (SSSR count). The van der Waals surface area contributed by atoms with E-state index < -0.39 is 6.29 Å². The average molecular weight is 300 g/mol. The summed E-state index contributed by atoms with van der Waals surface area (Å²) >= 11 is 2.18. The Bertz CT molecular complexity index is 185. The van der Waals surface area contributed by atoms with Gasteiger partial charge in [0.15, 0.2) is 6.29 Å². The fourth-order valence-electron chi connectivity index (χ4n) is 1.38. The summed E-state index contributed by atoms with van der Waals surface area (Å²) in [4.78, 5) is 10.7. The Hall–Kier alpha value is 0.120. The van der Waals surface area contributed by atoms with Crippen LogP contribution in [0, 0.1) is 0 Å². The number of esters is 1. The smallest absolute Gasteiger partial charge is 0.302 e. The van der Waals surface area contributed by atoms with Crippen molar-refractivity contribution >= 4 is 28.6 Å². The fraction of sp³-hybridized carbons (Fsp3) is 0.875. The molecule has 0 aromatic carbocycles. The van der Waals surface area contributed by atoms with Gasteiger partial charge in [-0.3, -0.25) is 4.79 Å². The van der Waals surface area contributed by atoms with Gasteiger partial charge in [0.1, 0.15) is 6.10 Å². The number of alkyl halides is 1. The van der Waals surface area contributed by atoms with Crippen molar-refractivity contribution in [2.75, 3.05) is 4.43 Å². The number of halogens is 1. The summed E-state index contributed by atoms with van der Waals surface area (Å²) in [6, 6.07) is 0. The molecule has 1 aliphatic heterocycles. The van der Waals surface area contributed by atoms with Crippen molar-refractivity contribution in [1.29, 1.82) is 0 Å². The molecule has 1 aliphatic rings. The summed E-state index contributed by atoms with van der Waals surface area (Å²) in [5.41, 5.74) is 0. The van der Waals surface area contributed by atoms with E-state index >= 15 is 0 Å². The van der Waals surface area contributed by atoms with Gasteiger partial charge in [0.25, 0.3) is 0 Å². The molecule has 1 N–H and O–H groups in total. The van der Waals surface area contributed by atoms with Gasteiger partial charge in [-0.05, 0) is 0 Å². The van der Waals surface area contributed by atoms with Crippen molar-refractivity contribution in [1.82, 2.24) is 0 Å². The minimum Gasteiger partial charge on any atom is -0.462 e. The largest absolute Gasteiger partial charge is 0.462 e. The van der Waals surface area contributed by atoms with Gasteiger partial charge < -0.3 is 14.6 Å². The van der Waals surface area contributed by atoms with E-state index in [1.54, 1.807) is 0 Å². The normalized spacial score (nSPS) is 34.2. The number of carbonyl (C=O) groups is 1. The summed E-state index contributed by atoms with van der Waals surface area (Å²) in [6.45, 7) is 1.38. The first-order valence-corrected chi connectivity index (χ1v) is 5.71. The molecule has 0 aromatic heterocycles. The first kappa shape index (κ1) is 11.2. The predicted molar refractivity (Wildman–Crippen MR) is 54.6 cm³/mol. The van der Waals surface area contributed by atoms with E-state index in [1.165, 1.54) is 6.92 Å². The highest BCUT2D eigenvalue weighted by Gasteiger charge is 2.29. The lowest BCUT2D eigenvalue weighted by Crippen LogP contribution is -2.38. The molecule has 0 amide bonds. The van der Waals surface area contributed by atoms with E-state index in [4.69, 9.17) is 9.47 Å². The highest BCUT2D eigenvalue weighted by molar-refractivity contribution is 14.1. The highest BCUT2D eigenvalue weighted by atomic mass is 127. The van der Waals surface area contributed by atoms with E-state index in [9.17, 15) is 9.90 Å². The summed E-state index contributed by atoms with van der Waals surface area (Å²) in [6.07, 6.45) is 0.0688. The number of aliphatic hydroxyl groups excluding tert-OH is 1. The number of ether oxygens (including phenoxy) is 2. The minimum atomic E-state index is -0.794. The molecule has 0 saturated carbocycles. The van der Waals surface area contributed by atoms with Crippen LogP contribution in [-0.2, 0) is 14.3 Å². The molecule has 76 valence electrons. The standard InChI is InChI=1S/C8H13IO4/c1-5(10)12-6-2-7(4-9)13-8(11)3-6/h6-8,11H,2-4H2,1H3. The van der Waals surface area contributed by atoms with Crippen LogP contribution in [-0.4, -0.2) is 34.0 Å². The number of hydrogen-bond donors (Lipinski definition) is 1. The van der Waals surface area contributed by atoms with E-state index in [-0.39, 0.29) is 18.2 Å². The molecular weight excluding hydrogens is 287 g/mol. The number of rotatable bonds is 2. The zero-order valence-corrected chi connectivity index (χ0v) is 9.56. The topological polar surface area (TPSA) is 55.8 Å². The first-order valence-electron chi connectivity index (χ1n) is 4.18. The molecule has 1 heterocycles. The van der Waals surface area contributed by atoms with Gasteiger partial charge in [-0.25, -0.2) is 0 Å². The van der Waals surface area contributed by atoms with Crippen molar-refractivity contribution < 1.29 is 19.4 Å². The van der Waals surface area contributed by atoms with Crippen LogP contribution in [0.5, 0.6) is 0 Å². The third-order valence-corrected chi connectivity index (χ3v) is 2.83. The van der Waals surface area contributed by atoms with Gasteiger partial charge in [0.2, 0.25) is 0 Å². The van der Waals surface area contributed by atoms with Crippen LogP contribution < -0.4 is 0 Å². The summed E-state index contributed by atoms with van der Waals surface area (Å²) in [7, 11) is 0. The second-order valence-electron chi connectivity index (χ2n) is 3.07. The van der Waals surface area contributed by atoms with Gasteiger partial charge >= 0.3 is 5.97 Å². The minimum absolute atomic E-state index is 0.00583. The van der Waals surface area contributed by atoms with Gasteiger partial charge in [-0.2, -0.15) is 0 Å². The summed E-state index contributed by atoms with van der Waals surface area (Å²) in [5.74, 6) is -0.300. The first-order chi connectivity index (χ1) is 6.11. The fourth-order valence-corrected chi connectivity index (χ4v) is 1.95. The molecule has 0 radical (unpaired) electrons. The lowest BCUT2D eigenvalue weighted by Gasteiger charge is -2.31. The summed E-state index contributed by atoms with van der Waals surface area (Å²) in [5, 5.41) is 9.28. The maximum atomic E-state index is 10.7. The van der Waals surface area contributed by atoms with E-state index in [0.717, 1.165) is 4.43 Å². The van der Waals surface area contributed by atoms with Crippen LogP contribution in [0.15, 0.2) is 0 Å². The van der Waals surface area contributed by atoms with Crippen molar-refractivity contribution in [3.8, 4) is 0 Å². The third kappa shape index (κ3) is 3.78. The second-order valence-corrected chi connectivity index (χ2v) is 3.95. The zero-order chi connectivity index (χ0) is 9.84. The highest BCUT2D eigenvalue weighted by Crippen LogP contribution is 2.22. The molecular formula is C8H13IO4. The molecule has 1 fully saturated rings. The van der Waals surface area contributed by atoms with Crippen molar-refractivity contribution in [3.05, 3.63) is 0 Å². The van der Waals surface area contributed by atoms with Crippen LogP contribution >= 0.6 is 22.6 Å². The van der Waals surface area contributed by atoms with Crippen LogP contribution in [0.25, 0.3) is 0 Å². The lowest BCUT2D eigenvalue weighted by atomic mass is 10.1. The Morgan fingerprint density at radius 3 is 2.92 bits per heavy atom. The van der Waals surface area contributed by atoms with Gasteiger partial charge in [-0.15, -0.1) is 0 Å². The van der Waals surface area contributed by atoms with E-state index in [0.29, 0.717) is 12.8 Å².